The highest BCUT2D eigenvalue weighted by Gasteiger charge is 2.18. The molecule has 0 saturated heterocycles. The summed E-state index contributed by atoms with van der Waals surface area (Å²) in [4.78, 5) is 13.4. The van der Waals surface area contributed by atoms with Crippen LogP contribution in [-0.2, 0) is 5.60 Å². The number of rotatable bonds is 6. The van der Waals surface area contributed by atoms with E-state index in [2.05, 4.69) is 37.7 Å². The summed E-state index contributed by atoms with van der Waals surface area (Å²) in [6.45, 7) is 11.8. The lowest BCUT2D eigenvalue weighted by Gasteiger charge is -2.21. The highest BCUT2D eigenvalue weighted by atomic mass is 35.5. The topological polar surface area (TPSA) is 61.4 Å². The SMILES string of the molecule is CC(C)c1cc(Cl)cc(C(C)C)c1NC(=O)NSc1ccc(C(C)(C)O)cc1. The second-order valence-corrected chi connectivity index (χ2v) is 9.33. The molecular weight excluding hydrogens is 392 g/mol. The Morgan fingerprint density at radius 2 is 1.54 bits per heavy atom. The number of benzene rings is 2. The first kappa shape index (κ1) is 22.6. The van der Waals surface area contributed by atoms with Crippen LogP contribution in [0.3, 0.4) is 0 Å². The number of aliphatic hydroxyl groups is 1. The van der Waals surface area contributed by atoms with E-state index >= 15 is 0 Å². The van der Waals surface area contributed by atoms with Gasteiger partial charge >= 0.3 is 6.03 Å². The molecule has 6 heteroatoms. The van der Waals surface area contributed by atoms with Gasteiger partial charge in [-0.2, -0.15) is 0 Å². The minimum Gasteiger partial charge on any atom is -0.386 e. The molecule has 2 aromatic carbocycles. The van der Waals surface area contributed by atoms with E-state index in [1.54, 1.807) is 13.8 Å². The van der Waals surface area contributed by atoms with E-state index in [9.17, 15) is 9.90 Å². The minimum atomic E-state index is -0.886. The van der Waals surface area contributed by atoms with Gasteiger partial charge in [0.2, 0.25) is 0 Å². The largest absolute Gasteiger partial charge is 0.386 e. The van der Waals surface area contributed by atoms with Crippen LogP contribution in [0.1, 0.15) is 70.1 Å². The van der Waals surface area contributed by atoms with Gasteiger partial charge in [-0.15, -0.1) is 0 Å². The Morgan fingerprint density at radius 1 is 1.04 bits per heavy atom. The third-order valence-electron chi connectivity index (χ3n) is 4.47. The summed E-state index contributed by atoms with van der Waals surface area (Å²) in [7, 11) is 0. The first-order valence-electron chi connectivity index (χ1n) is 9.39. The van der Waals surface area contributed by atoms with Gasteiger partial charge in [-0.1, -0.05) is 51.4 Å². The highest BCUT2D eigenvalue weighted by Crippen LogP contribution is 2.35. The fraction of sp³-hybridized carbons (Fsp3) is 0.409. The van der Waals surface area contributed by atoms with Gasteiger partial charge in [0, 0.05) is 15.6 Å². The molecule has 4 nitrogen and oxygen atoms in total. The van der Waals surface area contributed by atoms with Crippen molar-refractivity contribution in [2.45, 2.75) is 63.9 Å². The molecule has 0 unspecified atom stereocenters. The molecule has 0 aromatic heterocycles. The van der Waals surface area contributed by atoms with Crippen molar-refractivity contribution in [3.8, 4) is 0 Å². The van der Waals surface area contributed by atoms with Crippen LogP contribution in [-0.4, -0.2) is 11.1 Å². The quantitative estimate of drug-likeness (QED) is 0.459. The van der Waals surface area contributed by atoms with E-state index in [4.69, 9.17) is 11.6 Å². The molecule has 0 aliphatic carbocycles. The molecule has 3 N–H and O–H groups in total. The van der Waals surface area contributed by atoms with Crippen molar-refractivity contribution in [2.75, 3.05) is 5.32 Å². The van der Waals surface area contributed by atoms with Gasteiger partial charge in [0.25, 0.3) is 0 Å². The van der Waals surface area contributed by atoms with Crippen molar-refractivity contribution in [1.82, 2.24) is 4.72 Å². The lowest BCUT2D eigenvalue weighted by molar-refractivity contribution is 0.0785. The third kappa shape index (κ3) is 5.90. The van der Waals surface area contributed by atoms with Crippen LogP contribution in [0.15, 0.2) is 41.3 Å². The zero-order chi connectivity index (χ0) is 21.1. The maximum atomic E-state index is 12.5. The molecule has 2 amide bonds. The zero-order valence-corrected chi connectivity index (χ0v) is 18.8. The Kier molecular flexibility index (Phi) is 7.43. The Labute approximate surface area is 177 Å². The van der Waals surface area contributed by atoms with E-state index in [0.29, 0.717) is 5.02 Å². The molecule has 0 aliphatic rings. The molecule has 0 saturated carbocycles. The molecule has 0 bridgehead atoms. The van der Waals surface area contributed by atoms with E-state index in [-0.39, 0.29) is 17.9 Å². The smallest absolute Gasteiger partial charge is 0.329 e. The second-order valence-electron chi connectivity index (χ2n) is 8.01. The highest BCUT2D eigenvalue weighted by molar-refractivity contribution is 7.98. The maximum absolute atomic E-state index is 12.5. The Morgan fingerprint density at radius 3 is 1.96 bits per heavy atom. The molecule has 2 rings (SSSR count). The fourth-order valence-electron chi connectivity index (χ4n) is 2.88. The number of carbonyl (C=O) groups excluding carboxylic acids is 1. The number of hydrogen-bond acceptors (Lipinski definition) is 3. The lowest BCUT2D eigenvalue weighted by Crippen LogP contribution is -2.24. The fourth-order valence-corrected chi connectivity index (χ4v) is 3.65. The molecule has 0 spiro atoms. The van der Waals surface area contributed by atoms with Crippen LogP contribution in [0, 0.1) is 0 Å². The number of amides is 2. The number of urea groups is 1. The monoisotopic (exact) mass is 420 g/mol. The van der Waals surface area contributed by atoms with Gasteiger partial charge in [0.1, 0.15) is 0 Å². The molecule has 2 aromatic rings. The zero-order valence-electron chi connectivity index (χ0n) is 17.3. The minimum absolute atomic E-state index is 0.230. The predicted molar refractivity (Wildman–Crippen MR) is 119 cm³/mol. The third-order valence-corrected chi connectivity index (χ3v) is 5.48. The van der Waals surface area contributed by atoms with Gasteiger partial charge in [-0.05, 0) is 78.6 Å². The van der Waals surface area contributed by atoms with Crippen molar-refractivity contribution < 1.29 is 9.90 Å². The van der Waals surface area contributed by atoms with E-state index in [1.165, 1.54) is 11.9 Å². The van der Waals surface area contributed by atoms with Gasteiger partial charge in [0.05, 0.1) is 5.60 Å². The summed E-state index contributed by atoms with van der Waals surface area (Å²) < 4.78 is 2.82. The van der Waals surface area contributed by atoms with Crippen molar-refractivity contribution in [3.63, 3.8) is 0 Å². The van der Waals surface area contributed by atoms with Crippen LogP contribution in [0.4, 0.5) is 10.5 Å². The second kappa shape index (κ2) is 9.21. The summed E-state index contributed by atoms with van der Waals surface area (Å²) >= 11 is 7.51. The molecule has 28 heavy (non-hydrogen) atoms. The van der Waals surface area contributed by atoms with E-state index < -0.39 is 5.60 Å². The molecule has 0 aliphatic heterocycles. The van der Waals surface area contributed by atoms with Crippen LogP contribution in [0.25, 0.3) is 0 Å². The number of nitrogens with one attached hydrogen (secondary N) is 2. The summed E-state index contributed by atoms with van der Waals surface area (Å²) in [5, 5.41) is 13.7. The van der Waals surface area contributed by atoms with E-state index in [1.807, 2.05) is 36.4 Å². The maximum Gasteiger partial charge on any atom is 0.329 e. The number of anilines is 1. The molecule has 0 radical (unpaired) electrons. The van der Waals surface area contributed by atoms with Crippen molar-refractivity contribution in [3.05, 3.63) is 58.1 Å². The molecule has 152 valence electrons. The van der Waals surface area contributed by atoms with Crippen LogP contribution >= 0.6 is 23.5 Å². The van der Waals surface area contributed by atoms with Gasteiger partial charge < -0.3 is 10.4 Å². The number of halogens is 1. The van der Waals surface area contributed by atoms with E-state index in [0.717, 1.165) is 27.3 Å². The summed E-state index contributed by atoms with van der Waals surface area (Å²) in [6, 6.07) is 11.0. The van der Waals surface area contributed by atoms with Gasteiger partial charge in [-0.3, -0.25) is 4.72 Å². The number of hydrogen-bond donors (Lipinski definition) is 3. The lowest BCUT2D eigenvalue weighted by atomic mass is 9.92. The normalized spacial score (nSPS) is 11.8. The number of carbonyl (C=O) groups is 1. The van der Waals surface area contributed by atoms with Crippen LogP contribution < -0.4 is 10.0 Å². The predicted octanol–water partition coefficient (Wildman–Crippen LogP) is 6.64. The van der Waals surface area contributed by atoms with Gasteiger partial charge in [-0.25, -0.2) is 4.79 Å². The Balaban J connectivity index is 2.13. The first-order valence-corrected chi connectivity index (χ1v) is 10.6. The summed E-state index contributed by atoms with van der Waals surface area (Å²) in [6.07, 6.45) is 0. The Hall–Kier alpha value is -1.69. The van der Waals surface area contributed by atoms with Crippen LogP contribution in [0.2, 0.25) is 5.02 Å². The standard InChI is InChI=1S/C22H29ClN2O2S/c1-13(2)18-11-16(23)12-19(14(3)4)20(18)24-21(26)25-28-17-9-7-15(8-10-17)22(5,6)27/h7-14,27H,1-6H3,(H2,24,25,26). The Bertz CT molecular complexity index is 798. The average molecular weight is 421 g/mol. The first-order chi connectivity index (χ1) is 13.0. The molecular formula is C22H29ClN2O2S. The summed E-state index contributed by atoms with van der Waals surface area (Å²) in [5.41, 5.74) is 2.80. The van der Waals surface area contributed by atoms with Crippen molar-refractivity contribution >= 4 is 35.3 Å². The van der Waals surface area contributed by atoms with Gasteiger partial charge in [0.15, 0.2) is 0 Å². The molecule has 0 fully saturated rings. The van der Waals surface area contributed by atoms with Crippen molar-refractivity contribution in [1.29, 1.82) is 0 Å². The van der Waals surface area contributed by atoms with Crippen LogP contribution in [0.5, 0.6) is 0 Å². The molecule has 0 heterocycles. The summed E-state index contributed by atoms with van der Waals surface area (Å²) in [5.74, 6) is 0.460. The average Bonchev–Trinajstić information content (AvgIpc) is 2.60. The van der Waals surface area contributed by atoms with Crippen molar-refractivity contribution in [2.24, 2.45) is 0 Å². The molecule has 0 atom stereocenters.